The van der Waals surface area contributed by atoms with Crippen LogP contribution in [0.5, 0.6) is 0 Å². The molecule has 7 nitrogen and oxygen atoms in total. The summed E-state index contributed by atoms with van der Waals surface area (Å²) in [5.74, 6) is 0.650. The van der Waals surface area contributed by atoms with E-state index in [0.717, 1.165) is 22.6 Å². The molecule has 8 heteroatoms. The lowest BCUT2D eigenvalue weighted by atomic mass is 10.1. The average Bonchev–Trinajstić information content (AvgIpc) is 3.23. The van der Waals surface area contributed by atoms with Crippen LogP contribution >= 0.6 is 11.8 Å². The summed E-state index contributed by atoms with van der Waals surface area (Å²) < 4.78 is 1.96. The average molecular weight is 429 g/mol. The largest absolute Gasteiger partial charge is 0.272 e. The second-order valence-corrected chi connectivity index (χ2v) is 7.65. The Hall–Kier alpha value is -3.78. The number of hydrazone groups is 1. The van der Waals surface area contributed by atoms with E-state index in [0.29, 0.717) is 5.16 Å². The molecular weight excluding hydrogens is 408 g/mol. The van der Waals surface area contributed by atoms with Crippen LogP contribution in [0.4, 0.5) is 0 Å². The van der Waals surface area contributed by atoms with Gasteiger partial charge in [0.2, 0.25) is 0 Å². The molecule has 2 heterocycles. The van der Waals surface area contributed by atoms with Crippen LogP contribution in [0, 0.1) is 6.92 Å². The van der Waals surface area contributed by atoms with Gasteiger partial charge in [0.05, 0.1) is 12.0 Å². The highest BCUT2D eigenvalue weighted by Crippen LogP contribution is 2.28. The van der Waals surface area contributed by atoms with Crippen molar-refractivity contribution < 1.29 is 4.79 Å². The number of nitrogens with one attached hydrogen (secondary N) is 1. The van der Waals surface area contributed by atoms with Crippen molar-refractivity contribution in [2.45, 2.75) is 12.1 Å². The summed E-state index contributed by atoms with van der Waals surface area (Å²) in [6, 6.07) is 21.6. The number of rotatable bonds is 7. The number of aryl methyl sites for hydroxylation is 1. The molecule has 31 heavy (non-hydrogen) atoms. The second-order valence-electron chi connectivity index (χ2n) is 6.71. The van der Waals surface area contributed by atoms with E-state index in [1.165, 1.54) is 17.3 Å². The topological polar surface area (TPSA) is 85.1 Å². The molecule has 0 atom stereocenters. The lowest BCUT2D eigenvalue weighted by molar-refractivity contribution is -0.118. The number of benzene rings is 2. The molecule has 2 aromatic carbocycles. The molecule has 4 rings (SSSR count). The fourth-order valence-corrected chi connectivity index (χ4v) is 3.60. The predicted octanol–water partition coefficient (Wildman–Crippen LogP) is 3.88. The summed E-state index contributed by atoms with van der Waals surface area (Å²) in [6.07, 6.45) is 4.90. The van der Waals surface area contributed by atoms with Gasteiger partial charge in [-0.1, -0.05) is 65.9 Å². The highest BCUT2D eigenvalue weighted by Gasteiger charge is 2.17. The molecule has 0 aliphatic heterocycles. The maximum atomic E-state index is 12.2. The minimum absolute atomic E-state index is 0.156. The molecule has 2 aromatic heterocycles. The second kappa shape index (κ2) is 9.82. The standard InChI is InChI=1S/C23H20N6OS/c1-17-9-11-19(12-10-17)22-27-28-23(29(22)20-7-3-2-4-8-20)31-16-21(30)26-25-15-18-6-5-13-24-14-18/h2-15H,16H2,1H3,(H,26,30)/b25-15+. The smallest absolute Gasteiger partial charge is 0.250 e. The van der Waals surface area contributed by atoms with E-state index in [4.69, 9.17) is 0 Å². The zero-order chi connectivity index (χ0) is 21.5. The first-order chi connectivity index (χ1) is 15.2. The van der Waals surface area contributed by atoms with Gasteiger partial charge in [-0.15, -0.1) is 10.2 Å². The molecule has 4 aromatic rings. The molecular formula is C23H20N6OS. The summed E-state index contributed by atoms with van der Waals surface area (Å²) in [7, 11) is 0. The quantitative estimate of drug-likeness (QED) is 0.274. The number of aromatic nitrogens is 4. The van der Waals surface area contributed by atoms with Crippen molar-refractivity contribution in [3.8, 4) is 17.1 Å². The molecule has 0 aliphatic rings. The minimum atomic E-state index is -0.232. The first-order valence-electron chi connectivity index (χ1n) is 9.63. The third kappa shape index (κ3) is 5.23. The Balaban J connectivity index is 1.51. The van der Waals surface area contributed by atoms with Crippen LogP contribution < -0.4 is 5.43 Å². The number of nitrogens with zero attached hydrogens (tertiary/aromatic N) is 5. The zero-order valence-corrected chi connectivity index (χ0v) is 17.7. The van der Waals surface area contributed by atoms with E-state index in [1.54, 1.807) is 24.7 Å². The maximum absolute atomic E-state index is 12.2. The molecule has 1 amide bonds. The van der Waals surface area contributed by atoms with Crippen molar-refractivity contribution in [2.24, 2.45) is 5.10 Å². The van der Waals surface area contributed by atoms with Crippen molar-refractivity contribution in [1.82, 2.24) is 25.2 Å². The predicted molar refractivity (Wildman–Crippen MR) is 122 cm³/mol. The number of hydrogen-bond acceptors (Lipinski definition) is 6. The number of amides is 1. The van der Waals surface area contributed by atoms with E-state index >= 15 is 0 Å². The normalized spacial score (nSPS) is 11.0. The van der Waals surface area contributed by atoms with E-state index in [9.17, 15) is 4.79 Å². The highest BCUT2D eigenvalue weighted by atomic mass is 32.2. The molecule has 154 valence electrons. The Bertz CT molecular complexity index is 1170. The third-order valence-electron chi connectivity index (χ3n) is 4.38. The van der Waals surface area contributed by atoms with Gasteiger partial charge in [-0.2, -0.15) is 5.10 Å². The Morgan fingerprint density at radius 1 is 1.06 bits per heavy atom. The monoisotopic (exact) mass is 428 g/mol. The minimum Gasteiger partial charge on any atom is -0.272 e. The van der Waals surface area contributed by atoms with Crippen LogP contribution in [0.25, 0.3) is 17.1 Å². The lowest BCUT2D eigenvalue weighted by Crippen LogP contribution is -2.20. The molecule has 1 N–H and O–H groups in total. The number of thioether (sulfide) groups is 1. The van der Waals surface area contributed by atoms with Crippen molar-refractivity contribution in [3.63, 3.8) is 0 Å². The SMILES string of the molecule is Cc1ccc(-c2nnc(SCC(=O)N/N=C/c3cccnc3)n2-c2ccccc2)cc1. The van der Waals surface area contributed by atoms with E-state index in [1.807, 2.05) is 72.2 Å². The fourth-order valence-electron chi connectivity index (χ4n) is 2.86. The first kappa shape index (κ1) is 20.5. The Kier molecular flexibility index (Phi) is 6.49. The third-order valence-corrected chi connectivity index (χ3v) is 5.31. The van der Waals surface area contributed by atoms with Gasteiger partial charge in [-0.3, -0.25) is 14.3 Å². The molecule has 0 fully saturated rings. The van der Waals surface area contributed by atoms with E-state index < -0.39 is 0 Å². The lowest BCUT2D eigenvalue weighted by Gasteiger charge is -2.10. The summed E-state index contributed by atoms with van der Waals surface area (Å²) >= 11 is 1.31. The van der Waals surface area contributed by atoms with Crippen LogP contribution in [0.1, 0.15) is 11.1 Å². The van der Waals surface area contributed by atoms with Crippen LogP contribution in [0.15, 0.2) is 89.4 Å². The highest BCUT2D eigenvalue weighted by molar-refractivity contribution is 7.99. The van der Waals surface area contributed by atoms with Gasteiger partial charge in [0.1, 0.15) is 0 Å². The summed E-state index contributed by atoms with van der Waals surface area (Å²) in [5, 5.41) is 13.3. The molecule has 0 aliphatic carbocycles. The van der Waals surface area contributed by atoms with Gasteiger partial charge in [-0.25, -0.2) is 5.43 Å². The van der Waals surface area contributed by atoms with E-state index in [-0.39, 0.29) is 11.7 Å². The Labute approximate surface area is 184 Å². The van der Waals surface area contributed by atoms with Crippen LogP contribution in [-0.4, -0.2) is 37.6 Å². The van der Waals surface area contributed by atoms with Gasteiger partial charge in [0, 0.05) is 29.2 Å². The van der Waals surface area contributed by atoms with Crippen LogP contribution in [0.2, 0.25) is 0 Å². The zero-order valence-electron chi connectivity index (χ0n) is 16.8. The Morgan fingerprint density at radius 3 is 2.61 bits per heavy atom. The van der Waals surface area contributed by atoms with Crippen LogP contribution in [0.3, 0.4) is 0 Å². The van der Waals surface area contributed by atoms with Gasteiger partial charge in [0.25, 0.3) is 5.91 Å². The van der Waals surface area contributed by atoms with Crippen molar-refractivity contribution in [1.29, 1.82) is 0 Å². The molecule has 0 radical (unpaired) electrons. The first-order valence-corrected chi connectivity index (χ1v) is 10.6. The maximum Gasteiger partial charge on any atom is 0.250 e. The number of pyridine rings is 1. The van der Waals surface area contributed by atoms with Crippen LogP contribution in [-0.2, 0) is 4.79 Å². The molecule has 0 unspecified atom stereocenters. The molecule has 0 bridgehead atoms. The van der Waals surface area contributed by atoms with Crippen molar-refractivity contribution in [3.05, 3.63) is 90.3 Å². The summed E-state index contributed by atoms with van der Waals surface area (Å²) in [6.45, 7) is 2.04. The molecule has 0 saturated carbocycles. The fraction of sp³-hybridized carbons (Fsp3) is 0.0870. The Morgan fingerprint density at radius 2 is 1.87 bits per heavy atom. The van der Waals surface area contributed by atoms with Gasteiger partial charge in [0.15, 0.2) is 11.0 Å². The number of carbonyl (C=O) groups is 1. The molecule has 0 spiro atoms. The number of carbonyl (C=O) groups excluding carboxylic acids is 1. The number of hydrogen-bond donors (Lipinski definition) is 1. The van der Waals surface area contributed by atoms with Crippen molar-refractivity contribution in [2.75, 3.05) is 5.75 Å². The van der Waals surface area contributed by atoms with Gasteiger partial charge < -0.3 is 0 Å². The van der Waals surface area contributed by atoms with Gasteiger partial charge in [-0.05, 0) is 25.1 Å². The van der Waals surface area contributed by atoms with Crippen molar-refractivity contribution >= 4 is 23.9 Å². The summed E-state index contributed by atoms with van der Waals surface area (Å²) in [5.41, 5.74) is 6.40. The number of para-hydroxylation sites is 1. The van der Waals surface area contributed by atoms with Gasteiger partial charge >= 0.3 is 0 Å². The molecule has 0 saturated heterocycles. The summed E-state index contributed by atoms with van der Waals surface area (Å²) in [4.78, 5) is 16.3. The van der Waals surface area contributed by atoms with E-state index in [2.05, 4.69) is 25.7 Å².